The molecule has 136 valence electrons. The van der Waals surface area contributed by atoms with Gasteiger partial charge in [-0.1, -0.05) is 76.9 Å². The molecular formula is C20H38O3. The van der Waals surface area contributed by atoms with Crippen LogP contribution in [0.2, 0.25) is 0 Å². The fourth-order valence-corrected chi connectivity index (χ4v) is 2.75. The van der Waals surface area contributed by atoms with Crippen LogP contribution in [0.25, 0.3) is 0 Å². The monoisotopic (exact) mass is 326 g/mol. The Hall–Kier alpha value is -0.830. The van der Waals surface area contributed by atoms with Gasteiger partial charge in [0, 0.05) is 0 Å². The lowest BCUT2D eigenvalue weighted by Gasteiger charge is -2.06. The normalized spacial score (nSPS) is 12.8. The summed E-state index contributed by atoms with van der Waals surface area (Å²) in [6, 6.07) is 0. The maximum atomic E-state index is 10.4. The Morgan fingerprint density at radius 3 is 1.83 bits per heavy atom. The number of unbranched alkanes of at least 4 members (excludes halogenated alkanes) is 11. The molecule has 3 heteroatoms. The molecule has 0 unspecified atom stereocenters. The van der Waals surface area contributed by atoms with Crippen LogP contribution in [0, 0.1) is 0 Å². The number of rotatable bonds is 17. The Bertz CT molecular complexity index is 287. The highest BCUT2D eigenvalue weighted by Gasteiger charge is 2.08. The molecule has 3 nitrogen and oxygen atoms in total. The van der Waals surface area contributed by atoms with Crippen molar-refractivity contribution in [2.45, 2.75) is 109 Å². The van der Waals surface area contributed by atoms with Crippen LogP contribution in [0.4, 0.5) is 0 Å². The van der Waals surface area contributed by atoms with Crippen LogP contribution in [0.15, 0.2) is 12.2 Å². The van der Waals surface area contributed by atoms with Crippen LogP contribution in [0.3, 0.4) is 0 Å². The lowest BCUT2D eigenvalue weighted by atomic mass is 10.1. The molecule has 23 heavy (non-hydrogen) atoms. The molecule has 0 aliphatic rings. The first-order valence-electron chi connectivity index (χ1n) is 9.71. The van der Waals surface area contributed by atoms with Crippen LogP contribution in [0.5, 0.6) is 0 Å². The average molecular weight is 327 g/mol. The Balaban J connectivity index is 3.17. The number of carbonyl (C=O) groups is 1. The summed E-state index contributed by atoms with van der Waals surface area (Å²) in [6.45, 7) is 2.26. The summed E-state index contributed by atoms with van der Waals surface area (Å²) in [5.74, 6) is -0.912. The highest BCUT2D eigenvalue weighted by Crippen LogP contribution is 2.11. The van der Waals surface area contributed by atoms with E-state index in [0.29, 0.717) is 6.42 Å². The van der Waals surface area contributed by atoms with Crippen molar-refractivity contribution >= 4 is 5.97 Å². The summed E-state index contributed by atoms with van der Waals surface area (Å²) in [6.07, 6.45) is 20.8. The molecule has 0 aromatic heterocycles. The van der Waals surface area contributed by atoms with Gasteiger partial charge in [-0.05, 0) is 32.1 Å². The van der Waals surface area contributed by atoms with E-state index in [1.807, 2.05) is 0 Å². The van der Waals surface area contributed by atoms with E-state index in [2.05, 4.69) is 19.1 Å². The van der Waals surface area contributed by atoms with Crippen LogP contribution < -0.4 is 0 Å². The third-order valence-corrected chi connectivity index (χ3v) is 4.21. The molecule has 0 saturated heterocycles. The summed E-state index contributed by atoms with van der Waals surface area (Å²) in [5.41, 5.74) is 0. The highest BCUT2D eigenvalue weighted by atomic mass is 16.4. The average Bonchev–Trinajstić information content (AvgIpc) is 2.50. The molecule has 0 aromatic carbocycles. The SMILES string of the molecule is CCCCCCCCC=CCCCCCCC[C@H](O)CC(=O)O. The molecule has 0 radical (unpaired) electrons. The molecule has 0 heterocycles. The summed E-state index contributed by atoms with van der Waals surface area (Å²) >= 11 is 0. The molecule has 0 fully saturated rings. The molecule has 0 spiro atoms. The van der Waals surface area contributed by atoms with Gasteiger partial charge in [0.25, 0.3) is 0 Å². The number of carboxylic acids is 1. The van der Waals surface area contributed by atoms with E-state index in [4.69, 9.17) is 5.11 Å². The highest BCUT2D eigenvalue weighted by molar-refractivity contribution is 5.67. The second-order valence-electron chi connectivity index (χ2n) is 6.62. The fraction of sp³-hybridized carbons (Fsp3) is 0.850. The van der Waals surface area contributed by atoms with Gasteiger partial charge in [-0.3, -0.25) is 4.79 Å². The third-order valence-electron chi connectivity index (χ3n) is 4.21. The van der Waals surface area contributed by atoms with Crippen LogP contribution in [-0.4, -0.2) is 22.3 Å². The minimum Gasteiger partial charge on any atom is -0.481 e. The molecule has 0 amide bonds. The molecule has 0 saturated carbocycles. The van der Waals surface area contributed by atoms with Crippen LogP contribution in [-0.2, 0) is 4.79 Å². The van der Waals surface area contributed by atoms with Crippen molar-refractivity contribution in [3.63, 3.8) is 0 Å². The molecule has 0 aliphatic carbocycles. The third kappa shape index (κ3) is 19.1. The number of aliphatic carboxylic acids is 1. The van der Waals surface area contributed by atoms with E-state index < -0.39 is 12.1 Å². The number of aliphatic hydroxyl groups excluding tert-OH is 1. The Labute approximate surface area is 143 Å². The first-order chi connectivity index (χ1) is 11.2. The van der Waals surface area contributed by atoms with Gasteiger partial charge >= 0.3 is 5.97 Å². The predicted octanol–water partition coefficient (Wildman–Crippen LogP) is 5.86. The topological polar surface area (TPSA) is 57.5 Å². The van der Waals surface area contributed by atoms with Crippen molar-refractivity contribution < 1.29 is 15.0 Å². The first kappa shape index (κ1) is 22.2. The zero-order valence-electron chi connectivity index (χ0n) is 15.1. The van der Waals surface area contributed by atoms with E-state index in [1.54, 1.807) is 0 Å². The summed E-state index contributed by atoms with van der Waals surface area (Å²) in [5, 5.41) is 18.0. The molecule has 0 aliphatic heterocycles. The van der Waals surface area contributed by atoms with Gasteiger partial charge in [-0.25, -0.2) is 0 Å². The lowest BCUT2D eigenvalue weighted by molar-refractivity contribution is -0.139. The smallest absolute Gasteiger partial charge is 0.305 e. The molecular weight excluding hydrogens is 288 g/mol. The summed E-state index contributed by atoms with van der Waals surface area (Å²) in [7, 11) is 0. The van der Waals surface area contributed by atoms with Crippen LogP contribution in [0.1, 0.15) is 103 Å². The van der Waals surface area contributed by atoms with Crippen molar-refractivity contribution in [3.05, 3.63) is 12.2 Å². The van der Waals surface area contributed by atoms with Gasteiger partial charge in [0.05, 0.1) is 12.5 Å². The quantitative estimate of drug-likeness (QED) is 0.260. The fourth-order valence-electron chi connectivity index (χ4n) is 2.75. The maximum absolute atomic E-state index is 10.4. The minimum absolute atomic E-state index is 0.122. The van der Waals surface area contributed by atoms with Gasteiger partial charge in [0.2, 0.25) is 0 Å². The van der Waals surface area contributed by atoms with Crippen molar-refractivity contribution in [1.82, 2.24) is 0 Å². The van der Waals surface area contributed by atoms with Crippen molar-refractivity contribution in [2.75, 3.05) is 0 Å². The maximum Gasteiger partial charge on any atom is 0.305 e. The molecule has 0 bridgehead atoms. The number of aliphatic hydroxyl groups is 1. The van der Waals surface area contributed by atoms with Gasteiger partial charge in [-0.15, -0.1) is 0 Å². The van der Waals surface area contributed by atoms with Crippen molar-refractivity contribution in [3.8, 4) is 0 Å². The second kappa shape index (κ2) is 17.5. The largest absolute Gasteiger partial charge is 0.481 e. The number of carboxylic acid groups (broad SMARTS) is 1. The molecule has 0 aromatic rings. The Morgan fingerprint density at radius 2 is 1.30 bits per heavy atom. The number of hydrogen-bond donors (Lipinski definition) is 2. The number of allylic oxidation sites excluding steroid dienone is 2. The number of hydrogen-bond acceptors (Lipinski definition) is 2. The van der Waals surface area contributed by atoms with Gasteiger partial charge < -0.3 is 10.2 Å². The van der Waals surface area contributed by atoms with E-state index in [0.717, 1.165) is 12.8 Å². The zero-order chi connectivity index (χ0) is 17.2. The first-order valence-corrected chi connectivity index (χ1v) is 9.71. The van der Waals surface area contributed by atoms with Crippen LogP contribution >= 0.6 is 0 Å². The lowest BCUT2D eigenvalue weighted by Crippen LogP contribution is -2.12. The summed E-state index contributed by atoms with van der Waals surface area (Å²) in [4.78, 5) is 10.4. The summed E-state index contributed by atoms with van der Waals surface area (Å²) < 4.78 is 0. The van der Waals surface area contributed by atoms with Gasteiger partial charge in [-0.2, -0.15) is 0 Å². The Kier molecular flexibility index (Phi) is 16.9. The van der Waals surface area contributed by atoms with Gasteiger partial charge in [0.15, 0.2) is 0 Å². The predicted molar refractivity (Wildman–Crippen MR) is 97.7 cm³/mol. The van der Waals surface area contributed by atoms with Crippen molar-refractivity contribution in [2.24, 2.45) is 0 Å². The Morgan fingerprint density at radius 1 is 0.826 bits per heavy atom. The molecule has 1 atom stereocenters. The van der Waals surface area contributed by atoms with Gasteiger partial charge in [0.1, 0.15) is 0 Å². The second-order valence-corrected chi connectivity index (χ2v) is 6.62. The minimum atomic E-state index is -0.912. The van der Waals surface area contributed by atoms with E-state index in [1.165, 1.54) is 70.6 Å². The van der Waals surface area contributed by atoms with E-state index >= 15 is 0 Å². The molecule has 0 rings (SSSR count). The standard InChI is InChI=1S/C20H38O3/c1-2-3-4-5-6-7-8-9-10-11-12-13-14-15-16-17-19(21)18-20(22)23/h9-10,19,21H,2-8,11-18H2,1H3,(H,22,23)/t19-/m0/s1. The zero-order valence-corrected chi connectivity index (χ0v) is 15.1. The molecule has 2 N–H and O–H groups in total. The van der Waals surface area contributed by atoms with E-state index in [-0.39, 0.29) is 6.42 Å². The van der Waals surface area contributed by atoms with Crippen molar-refractivity contribution in [1.29, 1.82) is 0 Å². The van der Waals surface area contributed by atoms with E-state index in [9.17, 15) is 9.90 Å².